The predicted octanol–water partition coefficient (Wildman–Crippen LogP) is 1.74. The molecule has 1 rings (SSSR count). The molecule has 0 radical (unpaired) electrons. The van der Waals surface area contributed by atoms with E-state index >= 15 is 0 Å². The van der Waals surface area contributed by atoms with Crippen LogP contribution in [0.4, 0.5) is 13.2 Å². The molecule has 0 bridgehead atoms. The SMILES string of the molecule is CCn1cc(S(=O)(=O)NCCSC(F)(F)F)cc1C(=O)O. The van der Waals surface area contributed by atoms with E-state index in [2.05, 4.69) is 0 Å². The molecule has 0 spiro atoms. The van der Waals surface area contributed by atoms with Gasteiger partial charge in [-0.2, -0.15) is 13.2 Å². The molecule has 2 N–H and O–H groups in total. The predicted molar refractivity (Wildman–Crippen MR) is 70.8 cm³/mol. The Kier molecular flexibility index (Phi) is 5.70. The summed E-state index contributed by atoms with van der Waals surface area (Å²) in [6.45, 7) is 1.48. The van der Waals surface area contributed by atoms with Gasteiger partial charge in [0.2, 0.25) is 10.0 Å². The summed E-state index contributed by atoms with van der Waals surface area (Å²) in [4.78, 5) is 10.6. The number of nitrogens with zero attached hydrogens (tertiary/aromatic N) is 1. The zero-order chi connectivity index (χ0) is 16.3. The Morgan fingerprint density at radius 1 is 1.48 bits per heavy atom. The molecule has 0 aliphatic rings. The van der Waals surface area contributed by atoms with Gasteiger partial charge in [0.1, 0.15) is 10.6 Å². The first-order chi connectivity index (χ1) is 9.57. The van der Waals surface area contributed by atoms with E-state index in [1.165, 1.54) is 4.57 Å². The number of carbonyl (C=O) groups is 1. The lowest BCUT2D eigenvalue weighted by Gasteiger charge is -2.06. The van der Waals surface area contributed by atoms with E-state index in [1.54, 1.807) is 6.92 Å². The molecular weight excluding hydrogens is 333 g/mol. The second-order valence-electron chi connectivity index (χ2n) is 3.84. The van der Waals surface area contributed by atoms with E-state index in [1.807, 2.05) is 4.72 Å². The number of aromatic nitrogens is 1. The van der Waals surface area contributed by atoms with Crippen molar-refractivity contribution in [3.63, 3.8) is 0 Å². The summed E-state index contributed by atoms with van der Waals surface area (Å²) in [7, 11) is -4.04. The number of sulfonamides is 1. The largest absolute Gasteiger partial charge is 0.477 e. The Hall–Kier alpha value is -1.20. The van der Waals surface area contributed by atoms with Gasteiger partial charge in [-0.3, -0.25) is 0 Å². The number of halogens is 3. The van der Waals surface area contributed by atoms with Gasteiger partial charge in [0.25, 0.3) is 0 Å². The van der Waals surface area contributed by atoms with E-state index in [0.717, 1.165) is 12.3 Å². The highest BCUT2D eigenvalue weighted by Crippen LogP contribution is 2.29. The minimum absolute atomic E-state index is 0.206. The second kappa shape index (κ2) is 6.71. The van der Waals surface area contributed by atoms with Crippen LogP contribution in [0.25, 0.3) is 0 Å². The molecule has 21 heavy (non-hydrogen) atoms. The third-order valence-corrected chi connectivity index (χ3v) is 4.57. The molecule has 11 heteroatoms. The fourth-order valence-electron chi connectivity index (χ4n) is 1.50. The average Bonchev–Trinajstić information content (AvgIpc) is 2.78. The molecule has 0 saturated carbocycles. The highest BCUT2D eigenvalue weighted by Gasteiger charge is 2.28. The van der Waals surface area contributed by atoms with Crippen molar-refractivity contribution in [1.29, 1.82) is 0 Å². The molecule has 0 fully saturated rings. The molecular formula is C10H13F3N2O4S2. The van der Waals surface area contributed by atoms with Gasteiger partial charge in [-0.1, -0.05) is 0 Å². The third kappa shape index (κ3) is 5.25. The van der Waals surface area contributed by atoms with Crippen LogP contribution >= 0.6 is 11.8 Å². The monoisotopic (exact) mass is 346 g/mol. The lowest BCUT2D eigenvalue weighted by Crippen LogP contribution is -2.26. The number of hydrogen-bond acceptors (Lipinski definition) is 4. The second-order valence-corrected chi connectivity index (χ2v) is 6.77. The fraction of sp³-hybridized carbons (Fsp3) is 0.500. The van der Waals surface area contributed by atoms with Crippen LogP contribution < -0.4 is 4.72 Å². The molecule has 0 aliphatic carbocycles. The smallest absolute Gasteiger partial charge is 0.441 e. The van der Waals surface area contributed by atoms with E-state index in [4.69, 9.17) is 5.11 Å². The fourth-order valence-corrected chi connectivity index (χ4v) is 3.13. The molecule has 0 aromatic carbocycles. The number of aryl methyl sites for hydroxylation is 1. The van der Waals surface area contributed by atoms with Crippen molar-refractivity contribution >= 4 is 27.8 Å². The summed E-state index contributed by atoms with van der Waals surface area (Å²) in [5, 5.41) is 8.92. The molecule has 1 aromatic rings. The zero-order valence-corrected chi connectivity index (χ0v) is 12.5. The van der Waals surface area contributed by atoms with Crippen molar-refractivity contribution in [3.8, 4) is 0 Å². The molecule has 0 atom stereocenters. The van der Waals surface area contributed by atoms with Crippen molar-refractivity contribution in [1.82, 2.24) is 9.29 Å². The van der Waals surface area contributed by atoms with Gasteiger partial charge >= 0.3 is 11.5 Å². The maximum absolute atomic E-state index is 11.9. The van der Waals surface area contributed by atoms with Crippen LogP contribution in [0.5, 0.6) is 0 Å². The Morgan fingerprint density at radius 3 is 2.52 bits per heavy atom. The van der Waals surface area contributed by atoms with E-state index in [-0.39, 0.29) is 28.9 Å². The standard InChI is InChI=1S/C10H13F3N2O4S2/c1-2-15-6-7(5-8(15)9(16)17)21(18,19)14-3-4-20-10(11,12)13/h5-6,14H,2-4H2,1H3,(H,16,17). The Balaban J connectivity index is 2.77. The van der Waals surface area contributed by atoms with Crippen LogP contribution in [0.3, 0.4) is 0 Å². The first-order valence-corrected chi connectivity index (χ1v) is 8.17. The minimum Gasteiger partial charge on any atom is -0.477 e. The number of carboxylic acid groups (broad SMARTS) is 1. The zero-order valence-electron chi connectivity index (χ0n) is 10.8. The van der Waals surface area contributed by atoms with E-state index in [9.17, 15) is 26.4 Å². The van der Waals surface area contributed by atoms with Crippen LogP contribution in [-0.2, 0) is 16.6 Å². The van der Waals surface area contributed by atoms with Crippen LogP contribution in [0, 0.1) is 0 Å². The van der Waals surface area contributed by atoms with Crippen LogP contribution in [0.2, 0.25) is 0 Å². The Labute approximate surface area is 123 Å². The normalized spacial score (nSPS) is 12.6. The number of aromatic carboxylic acids is 1. The van der Waals surface area contributed by atoms with Gasteiger partial charge in [-0.25, -0.2) is 17.9 Å². The number of nitrogens with one attached hydrogen (secondary N) is 1. The summed E-state index contributed by atoms with van der Waals surface area (Å²) in [5.74, 6) is -1.76. The molecule has 1 heterocycles. The van der Waals surface area contributed by atoms with Crippen LogP contribution in [-0.4, -0.2) is 41.9 Å². The maximum atomic E-state index is 11.9. The highest BCUT2D eigenvalue weighted by atomic mass is 32.2. The maximum Gasteiger partial charge on any atom is 0.441 e. The molecule has 120 valence electrons. The van der Waals surface area contributed by atoms with Crippen molar-refractivity contribution in [2.24, 2.45) is 0 Å². The van der Waals surface area contributed by atoms with Crippen LogP contribution in [0.1, 0.15) is 17.4 Å². The van der Waals surface area contributed by atoms with Gasteiger partial charge < -0.3 is 9.67 Å². The van der Waals surface area contributed by atoms with E-state index < -0.39 is 33.8 Å². The number of thioether (sulfide) groups is 1. The van der Waals surface area contributed by atoms with Gasteiger partial charge in [-0.05, 0) is 24.8 Å². The molecule has 0 saturated heterocycles. The first-order valence-electron chi connectivity index (χ1n) is 5.70. The summed E-state index contributed by atoms with van der Waals surface area (Å²) in [5.41, 5.74) is -4.63. The quantitative estimate of drug-likeness (QED) is 0.734. The van der Waals surface area contributed by atoms with Gasteiger partial charge in [0.05, 0.1) is 0 Å². The number of alkyl halides is 3. The van der Waals surface area contributed by atoms with E-state index in [0.29, 0.717) is 0 Å². The minimum atomic E-state index is -4.42. The summed E-state index contributed by atoms with van der Waals surface area (Å²) < 4.78 is 62.6. The van der Waals surface area contributed by atoms with Crippen molar-refractivity contribution in [3.05, 3.63) is 18.0 Å². The van der Waals surface area contributed by atoms with Crippen LogP contribution in [0.15, 0.2) is 17.2 Å². The van der Waals surface area contributed by atoms with Crippen molar-refractivity contribution < 1.29 is 31.5 Å². The topological polar surface area (TPSA) is 88.4 Å². The third-order valence-electron chi connectivity index (χ3n) is 2.40. The van der Waals surface area contributed by atoms with Crippen molar-refractivity contribution in [2.45, 2.75) is 23.9 Å². The summed E-state index contributed by atoms with van der Waals surface area (Å²) in [6, 6.07) is 0.963. The Morgan fingerprint density at radius 2 is 2.10 bits per heavy atom. The average molecular weight is 346 g/mol. The van der Waals surface area contributed by atoms with Gasteiger partial charge in [-0.15, -0.1) is 0 Å². The first kappa shape index (κ1) is 17.9. The molecule has 1 aromatic heterocycles. The Bertz CT molecular complexity index is 610. The summed E-state index contributed by atoms with van der Waals surface area (Å²) in [6.07, 6.45) is 1.13. The number of rotatable bonds is 7. The van der Waals surface area contributed by atoms with Gasteiger partial charge in [0, 0.05) is 25.0 Å². The number of carboxylic acids is 1. The molecule has 0 unspecified atom stereocenters. The summed E-state index contributed by atoms with van der Waals surface area (Å²) >= 11 is -0.339. The molecule has 0 aliphatic heterocycles. The molecule has 6 nitrogen and oxygen atoms in total. The number of hydrogen-bond donors (Lipinski definition) is 2. The lowest BCUT2D eigenvalue weighted by atomic mass is 10.4. The van der Waals surface area contributed by atoms with Gasteiger partial charge in [0.15, 0.2) is 0 Å². The van der Waals surface area contributed by atoms with Crippen molar-refractivity contribution in [2.75, 3.05) is 12.3 Å². The molecule has 0 amide bonds. The lowest BCUT2D eigenvalue weighted by molar-refractivity contribution is -0.0327. The highest BCUT2D eigenvalue weighted by molar-refractivity contribution is 8.00.